The van der Waals surface area contributed by atoms with Crippen molar-refractivity contribution in [3.8, 4) is 0 Å². The summed E-state index contributed by atoms with van der Waals surface area (Å²) in [4.78, 5) is 15.8. The van der Waals surface area contributed by atoms with Gasteiger partial charge in [0.2, 0.25) is 0 Å². The summed E-state index contributed by atoms with van der Waals surface area (Å²) in [5.41, 5.74) is 8.02. The number of nitrogen functional groups attached to an aromatic ring is 1. The number of nitrogens with two attached hydrogens (primary N) is 1. The van der Waals surface area contributed by atoms with E-state index in [0.29, 0.717) is 5.56 Å². The molecule has 18 heavy (non-hydrogen) atoms. The second-order valence-electron chi connectivity index (χ2n) is 3.94. The highest BCUT2D eigenvalue weighted by atomic mass is 16.1. The van der Waals surface area contributed by atoms with Gasteiger partial charge in [0, 0.05) is 11.9 Å². The number of hydrogen-bond donors (Lipinski definition) is 2. The van der Waals surface area contributed by atoms with Crippen LogP contribution in [0, 0.1) is 0 Å². The number of aromatic nitrogens is 1. The monoisotopic (exact) mass is 241 g/mol. The molecular weight excluding hydrogens is 226 g/mol. The largest absolute Gasteiger partial charge is 0.383 e. The summed E-state index contributed by atoms with van der Waals surface area (Å²) in [6.07, 6.45) is 2.53. The lowest BCUT2D eigenvalue weighted by Gasteiger charge is -2.07. The molecule has 92 valence electrons. The predicted molar refractivity (Wildman–Crippen MR) is 72.4 cm³/mol. The predicted octanol–water partition coefficient (Wildman–Crippen LogP) is 2.48. The van der Waals surface area contributed by atoms with Gasteiger partial charge in [-0.25, -0.2) is 4.98 Å². The van der Waals surface area contributed by atoms with E-state index < -0.39 is 0 Å². The molecule has 2 aromatic rings. The molecule has 0 saturated carbocycles. The third-order valence-electron chi connectivity index (χ3n) is 2.70. The fourth-order valence-electron chi connectivity index (χ4n) is 1.63. The molecule has 0 aliphatic rings. The first-order valence-corrected chi connectivity index (χ1v) is 5.81. The lowest BCUT2D eigenvalue weighted by molar-refractivity contribution is 0.102. The molecule has 0 radical (unpaired) electrons. The Morgan fingerprint density at radius 2 is 2.00 bits per heavy atom. The highest BCUT2D eigenvalue weighted by Crippen LogP contribution is 2.13. The first kappa shape index (κ1) is 12.1. The lowest BCUT2D eigenvalue weighted by atomic mass is 10.1. The van der Waals surface area contributed by atoms with Crippen LogP contribution in [-0.4, -0.2) is 10.9 Å². The molecule has 1 amide bonds. The van der Waals surface area contributed by atoms with E-state index in [9.17, 15) is 4.79 Å². The number of amides is 1. The highest BCUT2D eigenvalue weighted by molar-refractivity contribution is 6.07. The average Bonchev–Trinajstić information content (AvgIpc) is 2.40. The first-order valence-electron chi connectivity index (χ1n) is 5.81. The average molecular weight is 241 g/mol. The third kappa shape index (κ3) is 2.66. The van der Waals surface area contributed by atoms with E-state index in [4.69, 9.17) is 5.73 Å². The molecule has 0 atom stereocenters. The van der Waals surface area contributed by atoms with Crippen molar-refractivity contribution in [2.24, 2.45) is 0 Å². The number of carbonyl (C=O) groups is 1. The number of aryl methyl sites for hydroxylation is 1. The number of anilines is 2. The molecule has 0 unspecified atom stereocenters. The first-order chi connectivity index (χ1) is 8.70. The molecule has 3 N–H and O–H groups in total. The van der Waals surface area contributed by atoms with Gasteiger partial charge in [0.25, 0.3) is 5.91 Å². The number of rotatable bonds is 3. The summed E-state index contributed by atoms with van der Waals surface area (Å²) >= 11 is 0. The SMILES string of the molecule is CCc1ccc(NC(=O)c2cccnc2N)cc1. The van der Waals surface area contributed by atoms with E-state index in [1.807, 2.05) is 24.3 Å². The van der Waals surface area contributed by atoms with Crippen molar-refractivity contribution in [1.29, 1.82) is 0 Å². The molecule has 0 saturated heterocycles. The molecule has 1 heterocycles. The molecule has 0 fully saturated rings. The van der Waals surface area contributed by atoms with Crippen molar-refractivity contribution >= 4 is 17.4 Å². The van der Waals surface area contributed by atoms with Crippen molar-refractivity contribution in [3.05, 3.63) is 53.7 Å². The van der Waals surface area contributed by atoms with Gasteiger partial charge >= 0.3 is 0 Å². The Bertz CT molecular complexity index is 549. The summed E-state index contributed by atoms with van der Waals surface area (Å²) < 4.78 is 0. The van der Waals surface area contributed by atoms with Gasteiger partial charge in [-0.05, 0) is 36.2 Å². The maximum Gasteiger partial charge on any atom is 0.259 e. The Morgan fingerprint density at radius 3 is 2.61 bits per heavy atom. The van der Waals surface area contributed by atoms with Crippen LogP contribution in [0.25, 0.3) is 0 Å². The Kier molecular flexibility index (Phi) is 3.57. The van der Waals surface area contributed by atoms with Crippen LogP contribution in [0.5, 0.6) is 0 Å². The quantitative estimate of drug-likeness (QED) is 0.867. The summed E-state index contributed by atoms with van der Waals surface area (Å²) in [6.45, 7) is 2.09. The van der Waals surface area contributed by atoms with E-state index >= 15 is 0 Å². The van der Waals surface area contributed by atoms with Crippen LogP contribution in [0.15, 0.2) is 42.6 Å². The number of benzene rings is 1. The normalized spacial score (nSPS) is 10.1. The van der Waals surface area contributed by atoms with Crippen LogP contribution in [0.2, 0.25) is 0 Å². The van der Waals surface area contributed by atoms with E-state index in [0.717, 1.165) is 12.1 Å². The number of pyridine rings is 1. The standard InChI is InChI=1S/C14H15N3O/c1-2-10-5-7-11(8-6-10)17-14(18)12-4-3-9-16-13(12)15/h3-9H,2H2,1H3,(H2,15,16)(H,17,18). The summed E-state index contributed by atoms with van der Waals surface area (Å²) in [5, 5.41) is 2.79. The minimum absolute atomic E-state index is 0.236. The van der Waals surface area contributed by atoms with E-state index in [1.54, 1.807) is 18.3 Å². The smallest absolute Gasteiger partial charge is 0.259 e. The van der Waals surface area contributed by atoms with Gasteiger partial charge in [-0.2, -0.15) is 0 Å². The Hall–Kier alpha value is -2.36. The molecule has 4 nitrogen and oxygen atoms in total. The van der Waals surface area contributed by atoms with Gasteiger partial charge in [-0.1, -0.05) is 19.1 Å². The van der Waals surface area contributed by atoms with Crippen LogP contribution in [0.3, 0.4) is 0 Å². The molecule has 0 aliphatic carbocycles. The van der Waals surface area contributed by atoms with Crippen LogP contribution < -0.4 is 11.1 Å². The molecule has 2 rings (SSSR count). The van der Waals surface area contributed by atoms with Gasteiger partial charge < -0.3 is 11.1 Å². The minimum Gasteiger partial charge on any atom is -0.383 e. The fourth-order valence-corrected chi connectivity index (χ4v) is 1.63. The molecule has 0 aliphatic heterocycles. The van der Waals surface area contributed by atoms with E-state index in [2.05, 4.69) is 17.2 Å². The Balaban J connectivity index is 2.14. The van der Waals surface area contributed by atoms with Crippen molar-refractivity contribution in [3.63, 3.8) is 0 Å². The van der Waals surface area contributed by atoms with Gasteiger partial charge in [0.15, 0.2) is 0 Å². The molecular formula is C14H15N3O. The summed E-state index contributed by atoms with van der Waals surface area (Å²) in [6, 6.07) is 11.1. The Morgan fingerprint density at radius 1 is 1.28 bits per heavy atom. The Labute approximate surface area is 106 Å². The zero-order chi connectivity index (χ0) is 13.0. The van der Waals surface area contributed by atoms with E-state index in [-0.39, 0.29) is 11.7 Å². The second kappa shape index (κ2) is 5.31. The van der Waals surface area contributed by atoms with Crippen molar-refractivity contribution in [1.82, 2.24) is 4.98 Å². The van der Waals surface area contributed by atoms with Gasteiger partial charge in [0.05, 0.1) is 5.56 Å². The maximum atomic E-state index is 12.0. The molecule has 0 spiro atoms. The van der Waals surface area contributed by atoms with Gasteiger partial charge in [0.1, 0.15) is 5.82 Å². The lowest BCUT2D eigenvalue weighted by Crippen LogP contribution is -2.14. The third-order valence-corrected chi connectivity index (χ3v) is 2.70. The van der Waals surface area contributed by atoms with E-state index in [1.165, 1.54) is 5.56 Å². The minimum atomic E-state index is -0.246. The van der Waals surface area contributed by atoms with Crippen LogP contribution >= 0.6 is 0 Å². The summed E-state index contributed by atoms with van der Waals surface area (Å²) in [7, 11) is 0. The molecule has 1 aromatic carbocycles. The zero-order valence-corrected chi connectivity index (χ0v) is 10.2. The van der Waals surface area contributed by atoms with Gasteiger partial charge in [-0.3, -0.25) is 4.79 Å². The number of nitrogens with one attached hydrogen (secondary N) is 1. The van der Waals surface area contributed by atoms with Crippen molar-refractivity contribution < 1.29 is 4.79 Å². The van der Waals surface area contributed by atoms with Crippen molar-refractivity contribution in [2.75, 3.05) is 11.1 Å². The molecule has 4 heteroatoms. The second-order valence-corrected chi connectivity index (χ2v) is 3.94. The summed E-state index contributed by atoms with van der Waals surface area (Å²) in [5.74, 6) is -0.00923. The zero-order valence-electron chi connectivity index (χ0n) is 10.2. The van der Waals surface area contributed by atoms with Crippen molar-refractivity contribution in [2.45, 2.75) is 13.3 Å². The maximum absolute atomic E-state index is 12.0. The van der Waals surface area contributed by atoms with Gasteiger partial charge in [-0.15, -0.1) is 0 Å². The van der Waals surface area contributed by atoms with Crippen LogP contribution in [0.1, 0.15) is 22.8 Å². The highest BCUT2D eigenvalue weighted by Gasteiger charge is 2.09. The molecule has 1 aromatic heterocycles. The molecule has 0 bridgehead atoms. The number of hydrogen-bond acceptors (Lipinski definition) is 3. The number of nitrogens with zero attached hydrogens (tertiary/aromatic N) is 1. The van der Waals surface area contributed by atoms with Crippen LogP contribution in [-0.2, 0) is 6.42 Å². The topological polar surface area (TPSA) is 68.0 Å². The van der Waals surface area contributed by atoms with Crippen LogP contribution in [0.4, 0.5) is 11.5 Å². The fraction of sp³-hybridized carbons (Fsp3) is 0.143. The number of carbonyl (C=O) groups excluding carboxylic acids is 1.